The van der Waals surface area contributed by atoms with Gasteiger partial charge in [0.15, 0.2) is 0 Å². The molecule has 3 N–H and O–H groups in total. The monoisotopic (exact) mass is 248 g/mol. The van der Waals surface area contributed by atoms with Crippen LogP contribution in [0.3, 0.4) is 0 Å². The maximum Gasteiger partial charge on any atom is 0.228 e. The molecule has 1 amide bonds. The van der Waals surface area contributed by atoms with Crippen molar-refractivity contribution in [1.29, 1.82) is 0 Å². The van der Waals surface area contributed by atoms with Crippen molar-refractivity contribution in [1.82, 2.24) is 5.32 Å². The fourth-order valence-electron chi connectivity index (χ4n) is 2.25. The Hall–Kier alpha value is -1.55. The molecule has 1 atom stereocenters. The lowest BCUT2D eigenvalue weighted by Crippen LogP contribution is -2.37. The summed E-state index contributed by atoms with van der Waals surface area (Å²) >= 11 is 0. The molecule has 4 heteroatoms. The lowest BCUT2D eigenvalue weighted by Gasteiger charge is -2.22. The van der Waals surface area contributed by atoms with E-state index < -0.39 is 0 Å². The minimum atomic E-state index is 0.0484. The molecule has 0 aromatic heterocycles. The fourth-order valence-corrected chi connectivity index (χ4v) is 2.25. The summed E-state index contributed by atoms with van der Waals surface area (Å²) in [5, 5.41) is 15.8. The zero-order valence-electron chi connectivity index (χ0n) is 10.9. The Morgan fingerprint density at radius 3 is 2.83 bits per heavy atom. The number of hydrogen-bond donors (Lipinski definition) is 3. The number of anilines is 1. The van der Waals surface area contributed by atoms with E-state index in [1.54, 1.807) is 6.07 Å². The van der Waals surface area contributed by atoms with Crippen molar-refractivity contribution in [2.45, 2.75) is 26.7 Å². The second-order valence-corrected chi connectivity index (χ2v) is 4.99. The standard InChI is InChI=1S/C14H20N2O2/c1-9-7-13(17)10(2)6-12(9)16-14(18)11-4-3-5-15-8-11/h6-7,11,15,17H,3-5,8H2,1-2H3,(H,16,18). The first-order chi connectivity index (χ1) is 8.58. The topological polar surface area (TPSA) is 61.4 Å². The minimum absolute atomic E-state index is 0.0484. The Morgan fingerprint density at radius 1 is 1.39 bits per heavy atom. The van der Waals surface area contributed by atoms with E-state index in [0.29, 0.717) is 0 Å². The number of rotatable bonds is 2. The molecule has 1 aromatic rings. The van der Waals surface area contributed by atoms with Crippen LogP contribution < -0.4 is 10.6 Å². The number of aryl methyl sites for hydroxylation is 2. The van der Waals surface area contributed by atoms with E-state index in [4.69, 9.17) is 0 Å². The molecule has 0 aliphatic carbocycles. The average Bonchev–Trinajstić information content (AvgIpc) is 2.37. The Kier molecular flexibility index (Phi) is 3.87. The van der Waals surface area contributed by atoms with Crippen molar-refractivity contribution in [2.75, 3.05) is 18.4 Å². The summed E-state index contributed by atoms with van der Waals surface area (Å²) < 4.78 is 0. The summed E-state index contributed by atoms with van der Waals surface area (Å²) in [6, 6.07) is 3.50. The van der Waals surface area contributed by atoms with Gasteiger partial charge in [0.1, 0.15) is 5.75 Å². The molecule has 98 valence electrons. The maximum atomic E-state index is 12.1. The van der Waals surface area contributed by atoms with Crippen LogP contribution in [0.25, 0.3) is 0 Å². The lowest BCUT2D eigenvalue weighted by molar-refractivity contribution is -0.120. The number of nitrogens with one attached hydrogen (secondary N) is 2. The van der Waals surface area contributed by atoms with Gasteiger partial charge in [-0.2, -0.15) is 0 Å². The number of benzene rings is 1. The third kappa shape index (κ3) is 2.82. The van der Waals surface area contributed by atoms with Crippen molar-refractivity contribution in [3.8, 4) is 5.75 Å². The van der Waals surface area contributed by atoms with Crippen LogP contribution in [-0.4, -0.2) is 24.1 Å². The number of phenols is 1. The van der Waals surface area contributed by atoms with E-state index in [1.165, 1.54) is 0 Å². The third-order valence-electron chi connectivity index (χ3n) is 3.47. The van der Waals surface area contributed by atoms with Gasteiger partial charge in [0.25, 0.3) is 0 Å². The molecular weight excluding hydrogens is 228 g/mol. The minimum Gasteiger partial charge on any atom is -0.508 e. The second-order valence-electron chi connectivity index (χ2n) is 4.99. The quantitative estimate of drug-likeness (QED) is 0.701. The Morgan fingerprint density at radius 2 is 2.17 bits per heavy atom. The molecule has 0 saturated carbocycles. The Labute approximate surface area is 107 Å². The van der Waals surface area contributed by atoms with Crippen molar-refractivity contribution in [3.63, 3.8) is 0 Å². The molecule has 1 aliphatic heterocycles. The maximum absolute atomic E-state index is 12.1. The van der Waals surface area contributed by atoms with E-state index in [1.807, 2.05) is 19.9 Å². The molecule has 1 aliphatic rings. The van der Waals surface area contributed by atoms with Gasteiger partial charge < -0.3 is 15.7 Å². The zero-order valence-corrected chi connectivity index (χ0v) is 10.9. The van der Waals surface area contributed by atoms with E-state index in [-0.39, 0.29) is 17.6 Å². The van der Waals surface area contributed by atoms with Crippen LogP contribution in [0, 0.1) is 19.8 Å². The smallest absolute Gasteiger partial charge is 0.228 e. The van der Waals surface area contributed by atoms with Crippen molar-refractivity contribution >= 4 is 11.6 Å². The molecule has 0 bridgehead atoms. The zero-order chi connectivity index (χ0) is 13.1. The van der Waals surface area contributed by atoms with Crippen LogP contribution in [0.4, 0.5) is 5.69 Å². The normalized spacial score (nSPS) is 19.6. The molecule has 1 unspecified atom stereocenters. The average molecular weight is 248 g/mol. The van der Waals surface area contributed by atoms with Crippen molar-refractivity contribution in [3.05, 3.63) is 23.3 Å². The summed E-state index contributed by atoms with van der Waals surface area (Å²) in [6.45, 7) is 5.46. The van der Waals surface area contributed by atoms with Gasteiger partial charge in [-0.05, 0) is 56.5 Å². The van der Waals surface area contributed by atoms with E-state index >= 15 is 0 Å². The van der Waals surface area contributed by atoms with Gasteiger partial charge in [-0.1, -0.05) is 0 Å². The van der Waals surface area contributed by atoms with Crippen LogP contribution in [0.15, 0.2) is 12.1 Å². The van der Waals surface area contributed by atoms with Crippen LogP contribution in [0.2, 0.25) is 0 Å². The largest absolute Gasteiger partial charge is 0.508 e. The van der Waals surface area contributed by atoms with Crippen LogP contribution in [-0.2, 0) is 4.79 Å². The predicted molar refractivity (Wildman–Crippen MR) is 71.8 cm³/mol. The highest BCUT2D eigenvalue weighted by atomic mass is 16.3. The van der Waals surface area contributed by atoms with Gasteiger partial charge in [-0.3, -0.25) is 4.79 Å². The van der Waals surface area contributed by atoms with Crippen molar-refractivity contribution in [2.24, 2.45) is 5.92 Å². The molecule has 2 rings (SSSR count). The summed E-state index contributed by atoms with van der Waals surface area (Å²) in [7, 11) is 0. The summed E-state index contributed by atoms with van der Waals surface area (Å²) in [4.78, 5) is 12.1. The fraction of sp³-hybridized carbons (Fsp3) is 0.500. The Bertz CT molecular complexity index is 451. The number of aromatic hydroxyl groups is 1. The third-order valence-corrected chi connectivity index (χ3v) is 3.47. The number of piperidine rings is 1. The van der Waals surface area contributed by atoms with Gasteiger partial charge in [0, 0.05) is 12.2 Å². The molecule has 1 heterocycles. The van der Waals surface area contributed by atoms with Gasteiger partial charge in [-0.15, -0.1) is 0 Å². The molecule has 0 spiro atoms. The molecule has 0 radical (unpaired) electrons. The molecular formula is C14H20N2O2. The molecule has 1 saturated heterocycles. The summed E-state index contributed by atoms with van der Waals surface area (Å²) in [5.74, 6) is 0.382. The number of carbonyl (C=O) groups is 1. The van der Waals surface area contributed by atoms with Crippen LogP contribution in [0.5, 0.6) is 5.75 Å². The number of phenolic OH excluding ortho intramolecular Hbond substituents is 1. The SMILES string of the molecule is Cc1cc(NC(=O)C2CCCNC2)c(C)cc1O. The second kappa shape index (κ2) is 5.40. The highest BCUT2D eigenvalue weighted by Gasteiger charge is 2.21. The first-order valence-corrected chi connectivity index (χ1v) is 6.39. The van der Waals surface area contributed by atoms with Crippen LogP contribution >= 0.6 is 0 Å². The van der Waals surface area contributed by atoms with Crippen molar-refractivity contribution < 1.29 is 9.90 Å². The first kappa shape index (κ1) is 12.9. The van der Waals surface area contributed by atoms with Gasteiger partial charge in [0.05, 0.1) is 5.92 Å². The number of amides is 1. The van der Waals surface area contributed by atoms with Crippen LogP contribution in [0.1, 0.15) is 24.0 Å². The molecule has 1 aromatic carbocycles. The number of hydrogen-bond acceptors (Lipinski definition) is 3. The lowest BCUT2D eigenvalue weighted by atomic mass is 9.98. The van der Waals surface area contributed by atoms with E-state index in [0.717, 1.165) is 42.7 Å². The van der Waals surface area contributed by atoms with Gasteiger partial charge in [-0.25, -0.2) is 0 Å². The predicted octanol–water partition coefficient (Wildman–Crippen LogP) is 1.95. The number of carbonyl (C=O) groups excluding carboxylic acids is 1. The van der Waals surface area contributed by atoms with E-state index in [2.05, 4.69) is 10.6 Å². The summed E-state index contributed by atoms with van der Waals surface area (Å²) in [6.07, 6.45) is 1.99. The highest BCUT2D eigenvalue weighted by Crippen LogP contribution is 2.25. The van der Waals surface area contributed by atoms with Gasteiger partial charge >= 0.3 is 0 Å². The van der Waals surface area contributed by atoms with E-state index in [9.17, 15) is 9.90 Å². The summed E-state index contributed by atoms with van der Waals surface area (Å²) in [5.41, 5.74) is 2.45. The molecule has 1 fully saturated rings. The first-order valence-electron chi connectivity index (χ1n) is 6.39. The highest BCUT2D eigenvalue weighted by molar-refractivity contribution is 5.93. The molecule has 4 nitrogen and oxygen atoms in total. The Balaban J connectivity index is 2.08. The van der Waals surface area contributed by atoms with Gasteiger partial charge in [0.2, 0.25) is 5.91 Å². The molecule has 18 heavy (non-hydrogen) atoms.